The normalized spacial score (nSPS) is 13.9. The average Bonchev–Trinajstić information content (AvgIpc) is 2.65. The lowest BCUT2D eigenvalue weighted by Crippen LogP contribution is -2.50. The van der Waals surface area contributed by atoms with E-state index in [1.807, 2.05) is 11.9 Å². The van der Waals surface area contributed by atoms with E-state index in [0.29, 0.717) is 56.2 Å². The molecule has 0 aliphatic carbocycles. The van der Waals surface area contributed by atoms with Crippen molar-refractivity contribution in [1.29, 1.82) is 0 Å². The summed E-state index contributed by atoms with van der Waals surface area (Å²) < 4.78 is 10.4. The van der Waals surface area contributed by atoms with Crippen LogP contribution in [0.5, 0.6) is 11.5 Å². The summed E-state index contributed by atoms with van der Waals surface area (Å²) in [6.07, 6.45) is 0.484. The smallest absolute Gasteiger partial charge is 0.254 e. The predicted molar refractivity (Wildman–Crippen MR) is 97.8 cm³/mol. The van der Waals surface area contributed by atoms with E-state index in [9.17, 15) is 9.59 Å². The van der Waals surface area contributed by atoms with Gasteiger partial charge in [0, 0.05) is 50.8 Å². The van der Waals surface area contributed by atoms with Crippen LogP contribution in [0.25, 0.3) is 0 Å². The number of benzene rings is 1. The molecule has 0 bridgehead atoms. The van der Waals surface area contributed by atoms with Crippen LogP contribution in [-0.4, -0.2) is 75.6 Å². The Morgan fingerprint density at radius 2 is 1.52 bits per heavy atom. The minimum absolute atomic E-state index is 0. The standard InChI is InChI=1S/C17H25N3O4.ClH/c1-18-5-4-16(21)19-6-8-20(9-7-19)17(22)13-10-14(23-2)12-15(11-13)24-3;/h10-12,18H,4-9H2,1-3H3;1H. The molecule has 0 atom stereocenters. The fraction of sp³-hybridized carbons (Fsp3) is 0.529. The predicted octanol–water partition coefficient (Wildman–Crippen LogP) is 1.02. The van der Waals surface area contributed by atoms with Gasteiger partial charge < -0.3 is 24.6 Å². The van der Waals surface area contributed by atoms with Crippen LogP contribution in [0.3, 0.4) is 0 Å². The maximum atomic E-state index is 12.7. The van der Waals surface area contributed by atoms with Crippen molar-refractivity contribution in [2.75, 3.05) is 54.0 Å². The van der Waals surface area contributed by atoms with Crippen LogP contribution < -0.4 is 14.8 Å². The number of halogens is 1. The maximum Gasteiger partial charge on any atom is 0.254 e. The van der Waals surface area contributed by atoms with E-state index in [-0.39, 0.29) is 24.2 Å². The number of methoxy groups -OCH3 is 2. The summed E-state index contributed by atoms with van der Waals surface area (Å²) in [5.74, 6) is 1.21. The van der Waals surface area contributed by atoms with E-state index in [4.69, 9.17) is 9.47 Å². The second-order valence-electron chi connectivity index (χ2n) is 5.63. The van der Waals surface area contributed by atoms with Gasteiger partial charge in [-0.25, -0.2) is 0 Å². The van der Waals surface area contributed by atoms with Crippen molar-refractivity contribution in [3.05, 3.63) is 23.8 Å². The fourth-order valence-electron chi connectivity index (χ4n) is 2.66. The van der Waals surface area contributed by atoms with Crippen LogP contribution in [0.1, 0.15) is 16.8 Å². The Morgan fingerprint density at radius 3 is 2.00 bits per heavy atom. The van der Waals surface area contributed by atoms with Gasteiger partial charge in [0.1, 0.15) is 11.5 Å². The zero-order valence-corrected chi connectivity index (χ0v) is 15.7. The van der Waals surface area contributed by atoms with Crippen LogP contribution in [0.15, 0.2) is 18.2 Å². The zero-order valence-electron chi connectivity index (χ0n) is 14.9. The molecule has 25 heavy (non-hydrogen) atoms. The average molecular weight is 372 g/mol. The first-order valence-electron chi connectivity index (χ1n) is 8.03. The molecule has 0 spiro atoms. The molecule has 1 heterocycles. The molecule has 2 rings (SSSR count). The third-order valence-electron chi connectivity index (χ3n) is 4.11. The molecule has 1 N–H and O–H groups in total. The van der Waals surface area contributed by atoms with Crippen LogP contribution in [0.2, 0.25) is 0 Å². The number of nitrogens with one attached hydrogen (secondary N) is 1. The number of carbonyl (C=O) groups is 2. The maximum absolute atomic E-state index is 12.7. The molecule has 1 aliphatic rings. The number of hydrogen-bond acceptors (Lipinski definition) is 5. The summed E-state index contributed by atoms with van der Waals surface area (Å²) in [6, 6.07) is 5.14. The minimum Gasteiger partial charge on any atom is -0.497 e. The van der Waals surface area contributed by atoms with Crippen LogP contribution in [-0.2, 0) is 4.79 Å². The molecule has 1 saturated heterocycles. The Balaban J connectivity index is 0.00000312. The second-order valence-corrected chi connectivity index (χ2v) is 5.63. The van der Waals surface area contributed by atoms with Gasteiger partial charge in [0.25, 0.3) is 5.91 Å². The number of rotatable bonds is 6. The lowest BCUT2D eigenvalue weighted by atomic mass is 10.1. The highest BCUT2D eigenvalue weighted by Crippen LogP contribution is 2.23. The summed E-state index contributed by atoms with van der Waals surface area (Å²) in [5.41, 5.74) is 0.529. The van der Waals surface area contributed by atoms with E-state index < -0.39 is 0 Å². The Kier molecular flexibility index (Phi) is 8.51. The van der Waals surface area contributed by atoms with Crippen molar-refractivity contribution in [2.24, 2.45) is 0 Å². The van der Waals surface area contributed by atoms with E-state index in [1.165, 1.54) is 0 Å². The summed E-state index contributed by atoms with van der Waals surface area (Å²) in [5, 5.41) is 2.97. The molecule has 0 radical (unpaired) electrons. The first-order valence-corrected chi connectivity index (χ1v) is 8.03. The topological polar surface area (TPSA) is 71.1 Å². The van der Waals surface area contributed by atoms with Gasteiger partial charge in [-0.3, -0.25) is 9.59 Å². The van der Waals surface area contributed by atoms with Gasteiger partial charge in [-0.1, -0.05) is 0 Å². The molecule has 0 unspecified atom stereocenters. The van der Waals surface area contributed by atoms with Gasteiger partial charge in [0.15, 0.2) is 0 Å². The summed E-state index contributed by atoms with van der Waals surface area (Å²) in [7, 11) is 4.93. The van der Waals surface area contributed by atoms with Crippen molar-refractivity contribution in [2.45, 2.75) is 6.42 Å². The van der Waals surface area contributed by atoms with Gasteiger partial charge in [0.05, 0.1) is 14.2 Å². The minimum atomic E-state index is -0.0745. The SMILES string of the molecule is CNCCC(=O)N1CCN(C(=O)c2cc(OC)cc(OC)c2)CC1.Cl. The number of nitrogens with zero attached hydrogens (tertiary/aromatic N) is 2. The van der Waals surface area contributed by atoms with Gasteiger partial charge in [-0.15, -0.1) is 12.4 Å². The highest BCUT2D eigenvalue weighted by atomic mass is 35.5. The highest BCUT2D eigenvalue weighted by molar-refractivity contribution is 5.95. The number of amides is 2. The first kappa shape index (κ1) is 21.1. The van der Waals surface area contributed by atoms with E-state index >= 15 is 0 Å². The fourth-order valence-corrected chi connectivity index (χ4v) is 2.66. The van der Waals surface area contributed by atoms with Crippen LogP contribution in [0, 0.1) is 0 Å². The number of carbonyl (C=O) groups excluding carboxylic acids is 2. The Morgan fingerprint density at radius 1 is 1.00 bits per heavy atom. The molecule has 140 valence electrons. The van der Waals surface area contributed by atoms with Crippen molar-refractivity contribution < 1.29 is 19.1 Å². The lowest BCUT2D eigenvalue weighted by Gasteiger charge is -2.35. The molecule has 1 aromatic carbocycles. The summed E-state index contributed by atoms with van der Waals surface area (Å²) in [6.45, 7) is 2.86. The molecule has 1 fully saturated rings. The number of hydrogen-bond donors (Lipinski definition) is 1. The summed E-state index contributed by atoms with van der Waals surface area (Å²) in [4.78, 5) is 28.3. The molecule has 0 saturated carbocycles. The Labute approximate surface area is 154 Å². The third-order valence-corrected chi connectivity index (χ3v) is 4.11. The number of piperazine rings is 1. The van der Waals surface area contributed by atoms with E-state index in [0.717, 1.165) is 0 Å². The zero-order chi connectivity index (χ0) is 17.5. The molecule has 1 aromatic rings. The Bertz CT molecular complexity index is 567. The molecule has 8 heteroatoms. The van der Waals surface area contributed by atoms with Crippen molar-refractivity contribution in [3.63, 3.8) is 0 Å². The van der Waals surface area contributed by atoms with Gasteiger partial charge in [-0.2, -0.15) is 0 Å². The summed E-state index contributed by atoms with van der Waals surface area (Å²) >= 11 is 0. The van der Waals surface area contributed by atoms with E-state index in [1.54, 1.807) is 37.3 Å². The second kappa shape index (κ2) is 10.1. The first-order chi connectivity index (χ1) is 11.6. The molecule has 1 aliphatic heterocycles. The van der Waals surface area contributed by atoms with E-state index in [2.05, 4.69) is 5.32 Å². The third kappa shape index (κ3) is 5.51. The monoisotopic (exact) mass is 371 g/mol. The highest BCUT2D eigenvalue weighted by Gasteiger charge is 2.25. The van der Waals surface area contributed by atoms with Crippen LogP contribution in [0.4, 0.5) is 0 Å². The molecular formula is C17H26ClN3O4. The largest absolute Gasteiger partial charge is 0.497 e. The quantitative estimate of drug-likeness (QED) is 0.808. The van der Waals surface area contributed by atoms with Gasteiger partial charge >= 0.3 is 0 Å². The number of ether oxygens (including phenoxy) is 2. The molecule has 2 amide bonds. The molecule has 7 nitrogen and oxygen atoms in total. The molecule has 0 aromatic heterocycles. The van der Waals surface area contributed by atoms with Crippen molar-refractivity contribution >= 4 is 24.2 Å². The van der Waals surface area contributed by atoms with Crippen molar-refractivity contribution in [1.82, 2.24) is 15.1 Å². The van der Waals surface area contributed by atoms with Crippen LogP contribution >= 0.6 is 12.4 Å². The lowest BCUT2D eigenvalue weighted by molar-refractivity contribution is -0.132. The van der Waals surface area contributed by atoms with Gasteiger partial charge in [-0.05, 0) is 19.2 Å². The Hall–Kier alpha value is -1.99. The molecular weight excluding hydrogens is 346 g/mol. The van der Waals surface area contributed by atoms with Gasteiger partial charge in [0.2, 0.25) is 5.91 Å². The van der Waals surface area contributed by atoms with Crippen molar-refractivity contribution in [3.8, 4) is 11.5 Å².